The van der Waals surface area contributed by atoms with Crippen LogP contribution in [-0.2, 0) is 6.54 Å². The van der Waals surface area contributed by atoms with Crippen molar-refractivity contribution in [1.82, 2.24) is 5.32 Å². The molecule has 0 radical (unpaired) electrons. The first-order valence-corrected chi connectivity index (χ1v) is 5.34. The van der Waals surface area contributed by atoms with Gasteiger partial charge in [0.15, 0.2) is 0 Å². The molecule has 0 aliphatic heterocycles. The van der Waals surface area contributed by atoms with Crippen molar-refractivity contribution in [2.45, 2.75) is 25.9 Å². The van der Waals surface area contributed by atoms with Gasteiger partial charge in [-0.25, -0.2) is 8.78 Å². The molecule has 0 aliphatic rings. The third kappa shape index (κ3) is 3.48. The van der Waals surface area contributed by atoms with Gasteiger partial charge in [0.2, 0.25) is 0 Å². The molecule has 2 N–H and O–H groups in total. The van der Waals surface area contributed by atoms with Crippen molar-refractivity contribution in [2.24, 2.45) is 0 Å². The van der Waals surface area contributed by atoms with E-state index in [-0.39, 0.29) is 30.3 Å². The minimum absolute atomic E-state index is 0.0115. The van der Waals surface area contributed by atoms with Crippen LogP contribution in [0.25, 0.3) is 0 Å². The Labute approximate surface area is 98.7 Å². The molecule has 1 aromatic carbocycles. The van der Waals surface area contributed by atoms with Crippen LogP contribution in [0.4, 0.5) is 8.78 Å². The minimum Gasteiger partial charge on any atom is -0.395 e. The molecule has 1 aromatic rings. The normalized spacial score (nSPS) is 12.2. The maximum atomic E-state index is 13.5. The molecule has 0 bridgehead atoms. The SMILES string of the molecule is CC[C@H](CO)NCc1c(F)cc(C#N)cc1F. The van der Waals surface area contributed by atoms with E-state index in [0.717, 1.165) is 12.1 Å². The van der Waals surface area contributed by atoms with Crippen molar-refractivity contribution in [3.8, 4) is 6.07 Å². The molecule has 0 saturated carbocycles. The molecular weight excluding hydrogens is 226 g/mol. The quantitative estimate of drug-likeness (QED) is 0.823. The highest BCUT2D eigenvalue weighted by Gasteiger charge is 2.12. The summed E-state index contributed by atoms with van der Waals surface area (Å²) in [7, 11) is 0. The summed E-state index contributed by atoms with van der Waals surface area (Å²) in [5, 5.41) is 20.3. The van der Waals surface area contributed by atoms with Crippen LogP contribution in [0.5, 0.6) is 0 Å². The molecule has 1 rings (SSSR count). The molecule has 0 saturated heterocycles. The average Bonchev–Trinajstić information content (AvgIpc) is 2.32. The van der Waals surface area contributed by atoms with Crippen LogP contribution in [0.3, 0.4) is 0 Å². The third-order valence-corrected chi connectivity index (χ3v) is 2.55. The van der Waals surface area contributed by atoms with Crippen molar-refractivity contribution in [3.05, 3.63) is 34.9 Å². The summed E-state index contributed by atoms with van der Waals surface area (Å²) in [6, 6.07) is 3.49. The maximum absolute atomic E-state index is 13.5. The summed E-state index contributed by atoms with van der Waals surface area (Å²) < 4.78 is 26.9. The highest BCUT2D eigenvalue weighted by atomic mass is 19.1. The minimum atomic E-state index is -0.748. The van der Waals surface area contributed by atoms with Crippen LogP contribution < -0.4 is 5.32 Å². The molecule has 0 heterocycles. The predicted octanol–water partition coefficient (Wildman–Crippen LogP) is 1.70. The molecule has 0 unspecified atom stereocenters. The predicted molar refractivity (Wildman–Crippen MR) is 59.1 cm³/mol. The Kier molecular flexibility index (Phi) is 5.01. The summed E-state index contributed by atoms with van der Waals surface area (Å²) in [6.07, 6.45) is 0.663. The first-order valence-electron chi connectivity index (χ1n) is 5.34. The second kappa shape index (κ2) is 6.28. The van der Waals surface area contributed by atoms with E-state index in [9.17, 15) is 8.78 Å². The molecule has 0 aromatic heterocycles. The van der Waals surface area contributed by atoms with Gasteiger partial charge in [-0.05, 0) is 18.6 Å². The molecule has 5 heteroatoms. The number of aliphatic hydroxyl groups is 1. The number of benzene rings is 1. The molecule has 0 amide bonds. The number of halogens is 2. The van der Waals surface area contributed by atoms with Gasteiger partial charge in [-0.1, -0.05) is 6.92 Å². The number of hydrogen-bond donors (Lipinski definition) is 2. The van der Waals surface area contributed by atoms with E-state index in [1.807, 2.05) is 6.92 Å². The molecular formula is C12H14F2N2O. The molecule has 92 valence electrons. The number of rotatable bonds is 5. The fraction of sp³-hybridized carbons (Fsp3) is 0.417. The van der Waals surface area contributed by atoms with E-state index >= 15 is 0 Å². The Morgan fingerprint density at radius 1 is 1.41 bits per heavy atom. The first-order chi connectivity index (χ1) is 8.12. The standard InChI is InChI=1S/C12H14F2N2O/c1-2-9(7-17)16-6-10-11(13)3-8(5-15)4-12(10)14/h3-4,9,16-17H,2,6-7H2,1H3/t9-/m1/s1. The van der Waals surface area contributed by atoms with Crippen molar-refractivity contribution in [2.75, 3.05) is 6.61 Å². The highest BCUT2D eigenvalue weighted by molar-refractivity contribution is 5.34. The lowest BCUT2D eigenvalue weighted by atomic mass is 10.1. The van der Waals surface area contributed by atoms with Gasteiger partial charge < -0.3 is 10.4 Å². The van der Waals surface area contributed by atoms with E-state index in [0.29, 0.717) is 6.42 Å². The van der Waals surface area contributed by atoms with E-state index < -0.39 is 11.6 Å². The summed E-state index contributed by atoms with van der Waals surface area (Å²) in [5.74, 6) is -1.50. The van der Waals surface area contributed by atoms with Crippen molar-refractivity contribution in [3.63, 3.8) is 0 Å². The third-order valence-electron chi connectivity index (χ3n) is 2.55. The Hall–Kier alpha value is -1.51. The fourth-order valence-electron chi connectivity index (χ4n) is 1.42. The first kappa shape index (κ1) is 13.6. The van der Waals surface area contributed by atoms with E-state index in [2.05, 4.69) is 5.32 Å². The van der Waals surface area contributed by atoms with Gasteiger partial charge in [0.05, 0.1) is 18.2 Å². The molecule has 0 aliphatic carbocycles. The van der Waals surface area contributed by atoms with Gasteiger partial charge in [0, 0.05) is 18.2 Å². The topological polar surface area (TPSA) is 56.0 Å². The number of hydrogen-bond acceptors (Lipinski definition) is 3. The number of nitriles is 1. The molecule has 17 heavy (non-hydrogen) atoms. The Morgan fingerprint density at radius 3 is 2.41 bits per heavy atom. The van der Waals surface area contributed by atoms with Crippen LogP contribution in [-0.4, -0.2) is 17.8 Å². The Bertz CT molecular complexity index is 402. The zero-order chi connectivity index (χ0) is 12.8. The van der Waals surface area contributed by atoms with Gasteiger partial charge in [-0.2, -0.15) is 5.26 Å². The van der Waals surface area contributed by atoms with Crippen LogP contribution in [0.2, 0.25) is 0 Å². The van der Waals surface area contributed by atoms with Gasteiger partial charge in [-0.3, -0.25) is 0 Å². The largest absolute Gasteiger partial charge is 0.395 e. The van der Waals surface area contributed by atoms with Crippen LogP contribution in [0.15, 0.2) is 12.1 Å². The Morgan fingerprint density at radius 2 is 2.00 bits per heavy atom. The lowest BCUT2D eigenvalue weighted by molar-refractivity contribution is 0.237. The average molecular weight is 240 g/mol. The van der Waals surface area contributed by atoms with Gasteiger partial charge in [-0.15, -0.1) is 0 Å². The molecule has 0 spiro atoms. The zero-order valence-electron chi connectivity index (χ0n) is 9.50. The molecule has 0 fully saturated rings. The van der Waals surface area contributed by atoms with Crippen LogP contribution >= 0.6 is 0 Å². The van der Waals surface area contributed by atoms with Crippen molar-refractivity contribution < 1.29 is 13.9 Å². The second-order valence-corrected chi connectivity index (χ2v) is 3.70. The second-order valence-electron chi connectivity index (χ2n) is 3.70. The van der Waals surface area contributed by atoms with Crippen LogP contribution in [0.1, 0.15) is 24.5 Å². The lowest BCUT2D eigenvalue weighted by Gasteiger charge is -2.14. The van der Waals surface area contributed by atoms with Crippen LogP contribution in [0, 0.1) is 23.0 Å². The summed E-state index contributed by atoms with van der Waals surface area (Å²) in [5.41, 5.74) is -0.158. The summed E-state index contributed by atoms with van der Waals surface area (Å²) >= 11 is 0. The monoisotopic (exact) mass is 240 g/mol. The van der Waals surface area contributed by atoms with E-state index in [1.54, 1.807) is 6.07 Å². The van der Waals surface area contributed by atoms with Gasteiger partial charge in [0.25, 0.3) is 0 Å². The zero-order valence-corrected chi connectivity index (χ0v) is 9.50. The number of nitrogens with one attached hydrogen (secondary N) is 1. The van der Waals surface area contributed by atoms with E-state index in [1.165, 1.54) is 0 Å². The highest BCUT2D eigenvalue weighted by Crippen LogP contribution is 2.15. The summed E-state index contributed by atoms with van der Waals surface area (Å²) in [4.78, 5) is 0. The summed E-state index contributed by atoms with van der Waals surface area (Å²) in [6.45, 7) is 1.76. The van der Waals surface area contributed by atoms with Crippen molar-refractivity contribution in [1.29, 1.82) is 5.26 Å². The smallest absolute Gasteiger partial charge is 0.131 e. The number of nitrogens with zero attached hydrogens (tertiary/aromatic N) is 1. The maximum Gasteiger partial charge on any atom is 0.131 e. The van der Waals surface area contributed by atoms with Crippen molar-refractivity contribution >= 4 is 0 Å². The Balaban J connectivity index is 2.82. The van der Waals surface area contributed by atoms with Gasteiger partial charge >= 0.3 is 0 Å². The number of aliphatic hydroxyl groups excluding tert-OH is 1. The van der Waals surface area contributed by atoms with Gasteiger partial charge in [0.1, 0.15) is 11.6 Å². The fourth-order valence-corrected chi connectivity index (χ4v) is 1.42. The lowest BCUT2D eigenvalue weighted by Crippen LogP contribution is -2.31. The van der Waals surface area contributed by atoms with E-state index in [4.69, 9.17) is 10.4 Å². The molecule has 1 atom stereocenters. The molecule has 3 nitrogen and oxygen atoms in total.